The predicted octanol–water partition coefficient (Wildman–Crippen LogP) is 0.434. The number of nitrogens with zero attached hydrogens (tertiary/aromatic N) is 4. The summed E-state index contributed by atoms with van der Waals surface area (Å²) in [6.45, 7) is 0. The van der Waals surface area contributed by atoms with Crippen molar-refractivity contribution < 1.29 is 0 Å². The van der Waals surface area contributed by atoms with E-state index < -0.39 is 0 Å². The van der Waals surface area contributed by atoms with E-state index in [1.54, 1.807) is 6.20 Å². The fourth-order valence-corrected chi connectivity index (χ4v) is 1.23. The molecule has 0 unspecified atom stereocenters. The minimum absolute atomic E-state index is 0.108. The molecule has 2 aromatic rings. The molecule has 0 saturated carbocycles. The van der Waals surface area contributed by atoms with Gasteiger partial charge in [-0.1, -0.05) is 18.2 Å². The molecule has 0 fully saturated rings. The molecule has 2 rings (SSSR count). The SMILES string of the molecule is NC(=S)NN=Cc1cnn(-c2ccccc2)n1. The number of hydrogen-bond acceptors (Lipinski definition) is 4. The predicted molar refractivity (Wildman–Crippen MR) is 68.9 cm³/mol. The Morgan fingerprint density at radius 3 is 2.88 bits per heavy atom. The lowest BCUT2D eigenvalue weighted by atomic mass is 10.3. The van der Waals surface area contributed by atoms with Crippen molar-refractivity contribution >= 4 is 23.5 Å². The van der Waals surface area contributed by atoms with Gasteiger partial charge in [-0.2, -0.15) is 15.0 Å². The van der Waals surface area contributed by atoms with Crippen LogP contribution in [0.15, 0.2) is 41.6 Å². The lowest BCUT2D eigenvalue weighted by Gasteiger charge is -1.96. The summed E-state index contributed by atoms with van der Waals surface area (Å²) in [6.07, 6.45) is 3.09. The number of nitrogens with one attached hydrogen (secondary N) is 1. The molecule has 0 amide bonds. The zero-order valence-electron chi connectivity index (χ0n) is 8.82. The van der Waals surface area contributed by atoms with Crippen molar-refractivity contribution in [1.82, 2.24) is 20.4 Å². The molecule has 0 radical (unpaired) electrons. The van der Waals surface area contributed by atoms with Gasteiger partial charge >= 0.3 is 0 Å². The quantitative estimate of drug-likeness (QED) is 0.466. The lowest BCUT2D eigenvalue weighted by Crippen LogP contribution is -2.24. The van der Waals surface area contributed by atoms with Crippen LogP contribution in [0.2, 0.25) is 0 Å². The first-order chi connectivity index (χ1) is 8.25. The number of rotatable bonds is 3. The summed E-state index contributed by atoms with van der Waals surface area (Å²) in [6, 6.07) is 9.59. The Bertz CT molecular complexity index is 533. The molecule has 1 aromatic heterocycles. The zero-order valence-corrected chi connectivity index (χ0v) is 9.63. The Kier molecular flexibility index (Phi) is 3.41. The van der Waals surface area contributed by atoms with Gasteiger partial charge in [0.15, 0.2) is 5.11 Å². The van der Waals surface area contributed by atoms with Crippen LogP contribution in [0.1, 0.15) is 5.69 Å². The van der Waals surface area contributed by atoms with Crippen LogP contribution in [-0.4, -0.2) is 26.3 Å². The highest BCUT2D eigenvalue weighted by atomic mass is 32.1. The van der Waals surface area contributed by atoms with Gasteiger partial charge in [0.2, 0.25) is 0 Å². The van der Waals surface area contributed by atoms with Crippen LogP contribution in [-0.2, 0) is 0 Å². The van der Waals surface area contributed by atoms with Crippen LogP contribution in [0, 0.1) is 0 Å². The second kappa shape index (κ2) is 5.17. The molecule has 0 saturated heterocycles. The first-order valence-corrected chi connectivity index (χ1v) is 5.23. The van der Waals surface area contributed by atoms with Crippen molar-refractivity contribution in [2.45, 2.75) is 0 Å². The molecular formula is C10H10N6S. The number of aromatic nitrogens is 3. The molecule has 6 nitrogen and oxygen atoms in total. The Labute approximate surface area is 103 Å². The van der Waals surface area contributed by atoms with Gasteiger partial charge in [-0.05, 0) is 24.4 Å². The molecule has 1 heterocycles. The topological polar surface area (TPSA) is 81.1 Å². The molecule has 1 aromatic carbocycles. The van der Waals surface area contributed by atoms with Crippen LogP contribution in [0.5, 0.6) is 0 Å². The molecule has 7 heteroatoms. The minimum atomic E-state index is 0.108. The molecule has 0 aliphatic rings. The van der Waals surface area contributed by atoms with Crippen molar-refractivity contribution in [2.24, 2.45) is 10.8 Å². The van der Waals surface area contributed by atoms with Crippen LogP contribution in [0.4, 0.5) is 0 Å². The second-order valence-electron chi connectivity index (χ2n) is 3.13. The molecule has 86 valence electrons. The third-order valence-electron chi connectivity index (χ3n) is 1.87. The van der Waals surface area contributed by atoms with E-state index in [0.29, 0.717) is 5.69 Å². The van der Waals surface area contributed by atoms with E-state index in [2.05, 4.69) is 32.9 Å². The van der Waals surface area contributed by atoms with Gasteiger partial charge in [-0.25, -0.2) is 0 Å². The van der Waals surface area contributed by atoms with E-state index >= 15 is 0 Å². The number of thiocarbonyl (C=S) groups is 1. The summed E-state index contributed by atoms with van der Waals surface area (Å²) in [5.41, 5.74) is 9.16. The third-order valence-corrected chi connectivity index (χ3v) is 1.96. The monoisotopic (exact) mass is 246 g/mol. The van der Waals surface area contributed by atoms with Gasteiger partial charge in [0.05, 0.1) is 18.1 Å². The summed E-state index contributed by atoms with van der Waals surface area (Å²) in [5, 5.41) is 12.2. The Morgan fingerprint density at radius 2 is 2.18 bits per heavy atom. The summed E-state index contributed by atoms with van der Waals surface area (Å²) >= 11 is 4.60. The maximum Gasteiger partial charge on any atom is 0.184 e. The van der Waals surface area contributed by atoms with Gasteiger partial charge in [0, 0.05) is 0 Å². The normalized spacial score (nSPS) is 10.6. The van der Waals surface area contributed by atoms with Crippen molar-refractivity contribution in [3.63, 3.8) is 0 Å². The number of hydrogen-bond donors (Lipinski definition) is 2. The van der Waals surface area contributed by atoms with Gasteiger partial charge in [-0.3, -0.25) is 5.43 Å². The fourth-order valence-electron chi connectivity index (χ4n) is 1.18. The molecule has 0 aliphatic carbocycles. The van der Waals surface area contributed by atoms with Crippen molar-refractivity contribution in [3.05, 3.63) is 42.2 Å². The van der Waals surface area contributed by atoms with E-state index in [0.717, 1.165) is 5.69 Å². The fraction of sp³-hybridized carbons (Fsp3) is 0. The lowest BCUT2D eigenvalue weighted by molar-refractivity contribution is 0.750. The van der Waals surface area contributed by atoms with Crippen molar-refractivity contribution in [1.29, 1.82) is 0 Å². The van der Waals surface area contributed by atoms with Gasteiger partial charge in [0.1, 0.15) is 5.69 Å². The summed E-state index contributed by atoms with van der Waals surface area (Å²) in [5.74, 6) is 0. The summed E-state index contributed by atoms with van der Waals surface area (Å²) < 4.78 is 0. The van der Waals surface area contributed by atoms with Crippen LogP contribution >= 0.6 is 12.2 Å². The Balaban J connectivity index is 2.11. The molecule has 0 atom stereocenters. The average Bonchev–Trinajstić information content (AvgIpc) is 2.78. The molecule has 17 heavy (non-hydrogen) atoms. The molecule has 0 spiro atoms. The summed E-state index contributed by atoms with van der Waals surface area (Å²) in [7, 11) is 0. The number of benzene rings is 1. The smallest absolute Gasteiger partial charge is 0.184 e. The molecule has 0 aliphatic heterocycles. The highest BCUT2D eigenvalue weighted by Gasteiger charge is 1.99. The highest BCUT2D eigenvalue weighted by molar-refractivity contribution is 7.80. The van der Waals surface area contributed by atoms with E-state index in [1.165, 1.54) is 11.0 Å². The average molecular weight is 246 g/mol. The van der Waals surface area contributed by atoms with Crippen molar-refractivity contribution in [3.8, 4) is 5.69 Å². The number of para-hydroxylation sites is 1. The largest absolute Gasteiger partial charge is 0.375 e. The minimum Gasteiger partial charge on any atom is -0.375 e. The van der Waals surface area contributed by atoms with E-state index in [-0.39, 0.29) is 5.11 Å². The first-order valence-electron chi connectivity index (χ1n) is 4.82. The van der Waals surface area contributed by atoms with Crippen LogP contribution < -0.4 is 11.2 Å². The van der Waals surface area contributed by atoms with Gasteiger partial charge in [0.25, 0.3) is 0 Å². The van der Waals surface area contributed by atoms with E-state index in [1.807, 2.05) is 30.3 Å². The Morgan fingerprint density at radius 1 is 1.41 bits per heavy atom. The van der Waals surface area contributed by atoms with Crippen molar-refractivity contribution in [2.75, 3.05) is 0 Å². The number of nitrogens with two attached hydrogens (primary N) is 1. The third kappa shape index (κ3) is 3.08. The zero-order chi connectivity index (χ0) is 12.1. The highest BCUT2D eigenvalue weighted by Crippen LogP contribution is 2.02. The van der Waals surface area contributed by atoms with E-state index in [9.17, 15) is 0 Å². The standard InChI is InChI=1S/C10H10N6S/c11-10(17)14-12-6-8-7-13-16(15-8)9-4-2-1-3-5-9/h1-7H,(H3,11,14,17). The van der Waals surface area contributed by atoms with Gasteiger partial charge in [-0.15, -0.1) is 5.10 Å². The van der Waals surface area contributed by atoms with Gasteiger partial charge < -0.3 is 5.73 Å². The van der Waals surface area contributed by atoms with E-state index in [4.69, 9.17) is 5.73 Å². The molecule has 0 bridgehead atoms. The molecular weight excluding hydrogens is 236 g/mol. The first kappa shape index (κ1) is 11.2. The summed E-state index contributed by atoms with van der Waals surface area (Å²) in [4.78, 5) is 1.52. The van der Waals surface area contributed by atoms with Crippen LogP contribution in [0.25, 0.3) is 5.69 Å². The Hall–Kier alpha value is -2.28. The second-order valence-corrected chi connectivity index (χ2v) is 3.57. The number of hydrazone groups is 1. The maximum absolute atomic E-state index is 5.22. The van der Waals surface area contributed by atoms with Crippen LogP contribution in [0.3, 0.4) is 0 Å². The maximum atomic E-state index is 5.22. The molecule has 3 N–H and O–H groups in total.